The van der Waals surface area contributed by atoms with Gasteiger partial charge in [-0.15, -0.1) is 0 Å². The molecule has 0 bridgehead atoms. The summed E-state index contributed by atoms with van der Waals surface area (Å²) in [6, 6.07) is 2.30. The average molecular weight is 336 g/mol. The Kier molecular flexibility index (Phi) is 3.36. The van der Waals surface area contributed by atoms with Crippen molar-refractivity contribution in [2.24, 2.45) is 0 Å². The highest BCUT2D eigenvalue weighted by molar-refractivity contribution is 7.88. The summed E-state index contributed by atoms with van der Waals surface area (Å²) in [7, 11) is -5.70. The molecule has 1 fully saturated rings. The molecule has 3 rings (SSSR count). The number of hydrogen-bond acceptors (Lipinski definition) is 4. The van der Waals surface area contributed by atoms with E-state index in [2.05, 4.69) is 4.18 Å². The minimum absolute atomic E-state index is 0.00570. The van der Waals surface area contributed by atoms with E-state index in [1.54, 1.807) is 0 Å². The van der Waals surface area contributed by atoms with Crippen LogP contribution in [0.2, 0.25) is 0 Å². The van der Waals surface area contributed by atoms with Crippen LogP contribution >= 0.6 is 0 Å². The van der Waals surface area contributed by atoms with Gasteiger partial charge in [0.05, 0.1) is 0 Å². The number of fused-ring (bicyclic) bond motifs is 2. The van der Waals surface area contributed by atoms with Crippen LogP contribution in [0.4, 0.5) is 13.2 Å². The van der Waals surface area contributed by atoms with Crippen molar-refractivity contribution in [3.63, 3.8) is 0 Å². The molecule has 22 heavy (non-hydrogen) atoms. The van der Waals surface area contributed by atoms with Gasteiger partial charge in [-0.05, 0) is 43.2 Å². The minimum atomic E-state index is -5.70. The van der Waals surface area contributed by atoms with Crippen molar-refractivity contribution in [1.82, 2.24) is 0 Å². The maximum absolute atomic E-state index is 12.5. The van der Waals surface area contributed by atoms with E-state index in [4.69, 9.17) is 0 Å². The third-order valence-corrected chi connectivity index (χ3v) is 5.64. The van der Waals surface area contributed by atoms with Gasteiger partial charge in [0.1, 0.15) is 11.5 Å². The summed E-state index contributed by atoms with van der Waals surface area (Å²) in [4.78, 5) is 0. The first-order valence-corrected chi connectivity index (χ1v) is 8.43. The molecule has 1 aromatic rings. The zero-order valence-corrected chi connectivity index (χ0v) is 12.4. The Hall–Kier alpha value is -1.44. The number of hydrogen-bond donors (Lipinski definition) is 1. The van der Waals surface area contributed by atoms with Crippen LogP contribution in [0.5, 0.6) is 11.5 Å². The number of alkyl halides is 3. The number of aromatic hydroxyl groups is 1. The summed E-state index contributed by atoms with van der Waals surface area (Å²) < 4.78 is 64.2. The molecule has 0 aliphatic heterocycles. The highest BCUT2D eigenvalue weighted by Crippen LogP contribution is 2.55. The predicted octanol–water partition coefficient (Wildman–Crippen LogP) is 3.38. The Bertz CT molecular complexity index is 704. The monoisotopic (exact) mass is 336 g/mol. The van der Waals surface area contributed by atoms with Gasteiger partial charge in [-0.3, -0.25) is 0 Å². The van der Waals surface area contributed by atoms with Crippen LogP contribution in [0.1, 0.15) is 43.2 Å². The van der Waals surface area contributed by atoms with Crippen molar-refractivity contribution in [2.45, 2.75) is 49.4 Å². The lowest BCUT2D eigenvalue weighted by molar-refractivity contribution is -0.0500. The summed E-state index contributed by atoms with van der Waals surface area (Å²) in [5, 5.41) is 10.1. The van der Waals surface area contributed by atoms with E-state index in [0.717, 1.165) is 31.7 Å². The first-order chi connectivity index (χ1) is 10.2. The fourth-order valence-electron chi connectivity index (χ4n) is 3.74. The number of halogens is 3. The van der Waals surface area contributed by atoms with Crippen LogP contribution in [0.3, 0.4) is 0 Å². The SMILES string of the molecule is O=S(=O)(Oc1ccc(O)c2c1CCC21CCCC1)C(F)(F)F. The van der Waals surface area contributed by atoms with E-state index < -0.39 is 15.6 Å². The largest absolute Gasteiger partial charge is 0.534 e. The zero-order chi connectivity index (χ0) is 16.2. The Morgan fingerprint density at radius 3 is 2.36 bits per heavy atom. The molecule has 122 valence electrons. The summed E-state index contributed by atoms with van der Waals surface area (Å²) in [5.41, 5.74) is -4.77. The lowest BCUT2D eigenvalue weighted by Gasteiger charge is -2.25. The van der Waals surface area contributed by atoms with Crippen molar-refractivity contribution >= 4 is 10.1 Å². The molecule has 1 aromatic carbocycles. The smallest absolute Gasteiger partial charge is 0.508 e. The second kappa shape index (κ2) is 4.78. The molecule has 1 N–H and O–H groups in total. The fourth-order valence-corrected chi connectivity index (χ4v) is 4.23. The molecule has 0 aromatic heterocycles. The molecule has 1 spiro atoms. The second-order valence-electron chi connectivity index (χ2n) is 5.91. The Labute approximate surface area is 126 Å². The van der Waals surface area contributed by atoms with Gasteiger partial charge in [-0.25, -0.2) is 0 Å². The van der Waals surface area contributed by atoms with Gasteiger partial charge in [0.25, 0.3) is 0 Å². The Morgan fingerprint density at radius 2 is 1.77 bits per heavy atom. The van der Waals surface area contributed by atoms with Gasteiger partial charge in [0, 0.05) is 11.1 Å². The minimum Gasteiger partial charge on any atom is -0.508 e. The van der Waals surface area contributed by atoms with Gasteiger partial charge in [-0.1, -0.05) is 12.8 Å². The molecular weight excluding hydrogens is 321 g/mol. The van der Waals surface area contributed by atoms with Crippen molar-refractivity contribution in [2.75, 3.05) is 0 Å². The van der Waals surface area contributed by atoms with Crippen LogP contribution in [-0.2, 0) is 22.0 Å². The van der Waals surface area contributed by atoms with E-state index in [9.17, 15) is 26.7 Å². The summed E-state index contributed by atoms with van der Waals surface area (Å²) in [5.74, 6) is -0.319. The first kappa shape index (κ1) is 15.5. The van der Waals surface area contributed by atoms with E-state index in [-0.39, 0.29) is 16.9 Å². The second-order valence-corrected chi connectivity index (χ2v) is 7.44. The van der Waals surface area contributed by atoms with Crippen molar-refractivity contribution < 1.29 is 30.9 Å². The van der Waals surface area contributed by atoms with Crippen molar-refractivity contribution in [1.29, 1.82) is 0 Å². The van der Waals surface area contributed by atoms with Gasteiger partial charge >= 0.3 is 15.6 Å². The quantitative estimate of drug-likeness (QED) is 0.664. The maximum Gasteiger partial charge on any atom is 0.534 e. The molecule has 4 nitrogen and oxygen atoms in total. The van der Waals surface area contributed by atoms with Gasteiger partial charge in [0.15, 0.2) is 0 Å². The van der Waals surface area contributed by atoms with E-state index in [1.807, 2.05) is 0 Å². The topological polar surface area (TPSA) is 63.6 Å². The molecule has 2 aliphatic rings. The van der Waals surface area contributed by atoms with E-state index in [1.165, 1.54) is 6.07 Å². The average Bonchev–Trinajstić information content (AvgIpc) is 3.01. The molecule has 0 unspecified atom stereocenters. The molecular formula is C14H15F3O4S. The Morgan fingerprint density at radius 1 is 1.14 bits per heavy atom. The first-order valence-electron chi connectivity index (χ1n) is 7.02. The number of phenolic OH excluding ortho intramolecular Hbond substituents is 1. The fraction of sp³-hybridized carbons (Fsp3) is 0.571. The molecule has 8 heteroatoms. The van der Waals surface area contributed by atoms with Crippen molar-refractivity contribution in [3.8, 4) is 11.5 Å². The van der Waals surface area contributed by atoms with Crippen LogP contribution in [-0.4, -0.2) is 19.0 Å². The third kappa shape index (κ3) is 2.24. The van der Waals surface area contributed by atoms with E-state index >= 15 is 0 Å². The lowest BCUT2D eigenvalue weighted by Crippen LogP contribution is -2.28. The lowest BCUT2D eigenvalue weighted by atomic mass is 9.80. The molecule has 0 amide bonds. The van der Waals surface area contributed by atoms with Gasteiger partial charge in [0.2, 0.25) is 0 Å². The van der Waals surface area contributed by atoms with Crippen LogP contribution in [0, 0.1) is 0 Å². The summed E-state index contributed by atoms with van der Waals surface area (Å²) in [6.07, 6.45) is 4.79. The molecule has 1 saturated carbocycles. The highest BCUT2D eigenvalue weighted by atomic mass is 32.2. The van der Waals surface area contributed by atoms with Crippen molar-refractivity contribution in [3.05, 3.63) is 23.3 Å². The molecule has 0 atom stereocenters. The number of benzene rings is 1. The number of rotatable bonds is 2. The van der Waals surface area contributed by atoms with Crippen LogP contribution in [0.15, 0.2) is 12.1 Å². The summed E-state index contributed by atoms with van der Waals surface area (Å²) in [6.45, 7) is 0. The van der Waals surface area contributed by atoms with Crippen LogP contribution < -0.4 is 4.18 Å². The molecule has 0 heterocycles. The standard InChI is InChI=1S/C14H15F3O4S/c15-14(16,17)22(19,20)21-11-4-3-10(18)12-9(11)5-8-13(12)6-1-2-7-13/h3-4,18H,1-2,5-8H2. The molecule has 2 aliphatic carbocycles. The van der Waals surface area contributed by atoms with E-state index in [0.29, 0.717) is 24.0 Å². The maximum atomic E-state index is 12.5. The van der Waals surface area contributed by atoms with Gasteiger partial charge in [-0.2, -0.15) is 21.6 Å². The number of phenols is 1. The normalized spacial score (nSPS) is 20.3. The zero-order valence-electron chi connectivity index (χ0n) is 11.6. The summed E-state index contributed by atoms with van der Waals surface area (Å²) >= 11 is 0. The van der Waals surface area contributed by atoms with Crippen LogP contribution in [0.25, 0.3) is 0 Å². The molecule has 0 saturated heterocycles. The molecule has 0 radical (unpaired) electrons. The predicted molar refractivity (Wildman–Crippen MR) is 72.2 cm³/mol. The van der Waals surface area contributed by atoms with Gasteiger partial charge < -0.3 is 9.29 Å². The highest BCUT2D eigenvalue weighted by Gasteiger charge is 2.50. The third-order valence-electron chi connectivity index (χ3n) is 4.68. The Balaban J connectivity index is 2.05.